The van der Waals surface area contributed by atoms with E-state index in [4.69, 9.17) is 4.74 Å². The summed E-state index contributed by atoms with van der Waals surface area (Å²) in [6.07, 6.45) is 0.954. The van der Waals surface area contributed by atoms with Gasteiger partial charge in [-0.3, -0.25) is 9.59 Å². The van der Waals surface area contributed by atoms with E-state index < -0.39 is 0 Å². The molecule has 4 rings (SSSR count). The molecular weight excluding hydrogens is 362 g/mol. The summed E-state index contributed by atoms with van der Waals surface area (Å²) in [4.78, 5) is 34.1. The standard InChI is InChI=1S/C20H19N3O3S/c1-26-14-8-6-13(7-9-14)23-19(24)12-17(20(23)25)27-11-10-18-21-15-4-2-3-5-16(15)22-18/h2-9,17H,10-12H2,1H3,(H,21,22)/t17-/m0/s1. The summed E-state index contributed by atoms with van der Waals surface area (Å²) in [6.45, 7) is 0. The van der Waals surface area contributed by atoms with E-state index in [2.05, 4.69) is 9.97 Å². The van der Waals surface area contributed by atoms with Gasteiger partial charge in [0.25, 0.3) is 0 Å². The number of imide groups is 1. The molecule has 0 bridgehead atoms. The van der Waals surface area contributed by atoms with Gasteiger partial charge in [-0.1, -0.05) is 12.1 Å². The van der Waals surface area contributed by atoms with Crippen molar-refractivity contribution < 1.29 is 14.3 Å². The van der Waals surface area contributed by atoms with Crippen LogP contribution in [-0.2, 0) is 16.0 Å². The molecule has 3 aromatic rings. The lowest BCUT2D eigenvalue weighted by Crippen LogP contribution is -2.31. The molecule has 1 aliphatic rings. The summed E-state index contributed by atoms with van der Waals surface area (Å²) >= 11 is 1.51. The first-order valence-electron chi connectivity index (χ1n) is 8.72. The van der Waals surface area contributed by atoms with E-state index in [1.807, 2.05) is 24.3 Å². The van der Waals surface area contributed by atoms with Crippen LogP contribution in [0.15, 0.2) is 48.5 Å². The Bertz CT molecular complexity index is 951. The molecule has 6 nitrogen and oxygen atoms in total. The van der Waals surface area contributed by atoms with Crippen LogP contribution in [0, 0.1) is 0 Å². The van der Waals surface area contributed by atoms with E-state index in [0.29, 0.717) is 11.4 Å². The topological polar surface area (TPSA) is 75.3 Å². The Kier molecular flexibility index (Phi) is 4.85. The first-order valence-corrected chi connectivity index (χ1v) is 9.76. The first kappa shape index (κ1) is 17.6. The molecular formula is C20H19N3O3S. The van der Waals surface area contributed by atoms with Crippen molar-refractivity contribution in [1.29, 1.82) is 0 Å². The number of amides is 2. The third-order valence-corrected chi connectivity index (χ3v) is 5.74. The summed E-state index contributed by atoms with van der Waals surface area (Å²) in [5.41, 5.74) is 2.54. The largest absolute Gasteiger partial charge is 0.497 e. The number of hydrogen-bond donors (Lipinski definition) is 1. The van der Waals surface area contributed by atoms with Gasteiger partial charge in [-0.2, -0.15) is 0 Å². The SMILES string of the molecule is COc1ccc(N2C(=O)C[C@H](SCCc3nc4ccccc4[nH]3)C2=O)cc1. The molecule has 0 aliphatic carbocycles. The molecule has 0 unspecified atom stereocenters. The fourth-order valence-electron chi connectivity index (χ4n) is 3.16. The molecule has 138 valence electrons. The van der Waals surface area contributed by atoms with Crippen molar-refractivity contribution in [3.05, 3.63) is 54.4 Å². The van der Waals surface area contributed by atoms with Gasteiger partial charge >= 0.3 is 0 Å². The van der Waals surface area contributed by atoms with Crippen LogP contribution in [0.4, 0.5) is 5.69 Å². The minimum absolute atomic E-state index is 0.153. The van der Waals surface area contributed by atoms with Crippen molar-refractivity contribution in [2.45, 2.75) is 18.1 Å². The molecule has 2 amide bonds. The smallest absolute Gasteiger partial charge is 0.247 e. The molecule has 0 radical (unpaired) electrons. The maximum Gasteiger partial charge on any atom is 0.247 e. The van der Waals surface area contributed by atoms with Crippen molar-refractivity contribution in [3.63, 3.8) is 0 Å². The molecule has 0 spiro atoms. The Hall–Kier alpha value is -2.80. The molecule has 0 saturated carbocycles. The Balaban J connectivity index is 1.38. The van der Waals surface area contributed by atoms with E-state index in [1.165, 1.54) is 16.7 Å². The number of nitrogens with zero attached hydrogens (tertiary/aromatic N) is 2. The highest BCUT2D eigenvalue weighted by Gasteiger charge is 2.39. The van der Waals surface area contributed by atoms with Crippen LogP contribution in [0.2, 0.25) is 0 Å². The van der Waals surface area contributed by atoms with Crippen LogP contribution >= 0.6 is 11.8 Å². The van der Waals surface area contributed by atoms with E-state index >= 15 is 0 Å². The number of ether oxygens (including phenoxy) is 1. The zero-order chi connectivity index (χ0) is 18.8. The number of fused-ring (bicyclic) bond motifs is 1. The summed E-state index contributed by atoms with van der Waals surface area (Å²) in [5, 5.41) is -0.344. The van der Waals surface area contributed by atoms with E-state index in [1.54, 1.807) is 31.4 Å². The quantitative estimate of drug-likeness (QED) is 0.664. The summed E-state index contributed by atoms with van der Waals surface area (Å²) in [7, 11) is 1.58. The Morgan fingerprint density at radius 2 is 1.96 bits per heavy atom. The molecule has 1 N–H and O–H groups in total. The number of aryl methyl sites for hydroxylation is 1. The number of nitrogens with one attached hydrogen (secondary N) is 1. The van der Waals surface area contributed by atoms with Gasteiger partial charge in [0, 0.05) is 18.6 Å². The van der Waals surface area contributed by atoms with Gasteiger partial charge in [-0.15, -0.1) is 11.8 Å². The Labute approximate surface area is 160 Å². The van der Waals surface area contributed by atoms with Crippen molar-refractivity contribution in [3.8, 4) is 5.75 Å². The number of hydrogen-bond acceptors (Lipinski definition) is 5. The number of methoxy groups -OCH3 is 1. The number of benzene rings is 2. The van der Waals surface area contributed by atoms with Gasteiger partial charge in [-0.25, -0.2) is 9.88 Å². The molecule has 27 heavy (non-hydrogen) atoms. The summed E-state index contributed by atoms with van der Waals surface area (Å²) in [6, 6.07) is 14.8. The molecule has 1 aromatic heterocycles. The van der Waals surface area contributed by atoms with Crippen LogP contribution in [0.3, 0.4) is 0 Å². The van der Waals surface area contributed by atoms with Gasteiger partial charge in [0.1, 0.15) is 11.6 Å². The highest BCUT2D eigenvalue weighted by molar-refractivity contribution is 8.00. The van der Waals surface area contributed by atoms with Crippen molar-refractivity contribution >= 4 is 40.3 Å². The van der Waals surface area contributed by atoms with Gasteiger partial charge in [0.15, 0.2) is 0 Å². The highest BCUT2D eigenvalue weighted by atomic mass is 32.2. The third kappa shape index (κ3) is 3.55. The van der Waals surface area contributed by atoms with Crippen LogP contribution in [0.25, 0.3) is 11.0 Å². The minimum Gasteiger partial charge on any atom is -0.497 e. The molecule has 1 fully saturated rings. The number of rotatable bonds is 6. The molecule has 2 heterocycles. The fourth-order valence-corrected chi connectivity index (χ4v) is 4.26. The molecule has 2 aromatic carbocycles. The lowest BCUT2D eigenvalue weighted by Gasteiger charge is -2.15. The predicted octanol–water partition coefficient (Wildman–Crippen LogP) is 3.18. The number of aromatic amines is 1. The number of para-hydroxylation sites is 2. The van der Waals surface area contributed by atoms with E-state index in [-0.39, 0.29) is 23.5 Å². The number of imidazole rings is 1. The number of H-pyrrole nitrogens is 1. The Morgan fingerprint density at radius 1 is 1.19 bits per heavy atom. The van der Waals surface area contributed by atoms with E-state index in [0.717, 1.165) is 29.0 Å². The average molecular weight is 381 g/mol. The number of carbonyl (C=O) groups excluding carboxylic acids is 2. The predicted molar refractivity (Wildman–Crippen MR) is 106 cm³/mol. The number of thioether (sulfide) groups is 1. The molecule has 1 saturated heterocycles. The van der Waals surface area contributed by atoms with Gasteiger partial charge in [-0.05, 0) is 36.4 Å². The monoisotopic (exact) mass is 381 g/mol. The molecule has 1 atom stereocenters. The number of aromatic nitrogens is 2. The minimum atomic E-state index is -0.344. The molecule has 7 heteroatoms. The summed E-state index contributed by atoms with van der Waals surface area (Å²) < 4.78 is 5.12. The second-order valence-corrected chi connectivity index (χ2v) is 7.59. The average Bonchev–Trinajstić information content (AvgIpc) is 3.22. The second kappa shape index (κ2) is 7.44. The maximum atomic E-state index is 12.7. The van der Waals surface area contributed by atoms with Crippen molar-refractivity contribution in [2.75, 3.05) is 17.8 Å². The van der Waals surface area contributed by atoms with Crippen LogP contribution in [0.1, 0.15) is 12.2 Å². The number of anilines is 1. The van der Waals surface area contributed by atoms with Crippen LogP contribution in [0.5, 0.6) is 5.75 Å². The normalized spacial score (nSPS) is 17.1. The zero-order valence-corrected chi connectivity index (χ0v) is 15.7. The van der Waals surface area contributed by atoms with Crippen LogP contribution in [-0.4, -0.2) is 39.9 Å². The second-order valence-electron chi connectivity index (χ2n) is 6.28. The fraction of sp³-hybridized carbons (Fsp3) is 0.250. The molecule has 1 aliphatic heterocycles. The van der Waals surface area contributed by atoms with Crippen molar-refractivity contribution in [1.82, 2.24) is 9.97 Å². The highest BCUT2D eigenvalue weighted by Crippen LogP contribution is 2.31. The lowest BCUT2D eigenvalue weighted by molar-refractivity contribution is -0.121. The first-order chi connectivity index (χ1) is 13.2. The van der Waals surface area contributed by atoms with Gasteiger partial charge < -0.3 is 9.72 Å². The Morgan fingerprint density at radius 3 is 2.70 bits per heavy atom. The van der Waals surface area contributed by atoms with Gasteiger partial charge in [0.2, 0.25) is 11.8 Å². The third-order valence-electron chi connectivity index (χ3n) is 4.53. The van der Waals surface area contributed by atoms with Gasteiger partial charge in [0.05, 0.1) is 29.1 Å². The lowest BCUT2D eigenvalue weighted by atomic mass is 10.3. The zero-order valence-electron chi connectivity index (χ0n) is 14.8. The number of carbonyl (C=O) groups is 2. The van der Waals surface area contributed by atoms with Crippen molar-refractivity contribution in [2.24, 2.45) is 0 Å². The summed E-state index contributed by atoms with van der Waals surface area (Å²) in [5.74, 6) is 1.99. The van der Waals surface area contributed by atoms with E-state index in [9.17, 15) is 9.59 Å². The van der Waals surface area contributed by atoms with Crippen LogP contribution < -0.4 is 9.64 Å². The maximum absolute atomic E-state index is 12.7.